The van der Waals surface area contributed by atoms with Crippen molar-refractivity contribution in [1.82, 2.24) is 4.72 Å². The average molecular weight is 361 g/mol. The summed E-state index contributed by atoms with van der Waals surface area (Å²) in [4.78, 5) is 0.262. The van der Waals surface area contributed by atoms with E-state index in [2.05, 4.69) is 4.72 Å². The highest BCUT2D eigenvalue weighted by atomic mass is 32.2. The quantitative estimate of drug-likeness (QED) is 0.803. The van der Waals surface area contributed by atoms with Crippen molar-refractivity contribution < 1.29 is 17.9 Å². The molecule has 0 atom stereocenters. The van der Waals surface area contributed by atoms with Gasteiger partial charge in [-0.1, -0.05) is 24.3 Å². The predicted octanol–water partition coefficient (Wildman–Crippen LogP) is 3.07. The zero-order chi connectivity index (χ0) is 18.1. The third-order valence-electron chi connectivity index (χ3n) is 4.01. The maximum atomic E-state index is 12.3. The molecular formula is C19H23NO4S. The van der Waals surface area contributed by atoms with Crippen LogP contribution >= 0.6 is 0 Å². The van der Waals surface area contributed by atoms with Crippen LogP contribution in [0.4, 0.5) is 0 Å². The van der Waals surface area contributed by atoms with Crippen molar-refractivity contribution >= 4 is 10.0 Å². The van der Waals surface area contributed by atoms with Crippen LogP contribution in [0.15, 0.2) is 47.4 Å². The van der Waals surface area contributed by atoms with Crippen molar-refractivity contribution in [3.05, 3.63) is 53.6 Å². The van der Waals surface area contributed by atoms with E-state index in [0.29, 0.717) is 5.75 Å². The van der Waals surface area contributed by atoms with Crippen molar-refractivity contribution in [1.29, 1.82) is 0 Å². The number of sulfonamides is 1. The van der Waals surface area contributed by atoms with E-state index in [4.69, 9.17) is 9.47 Å². The van der Waals surface area contributed by atoms with Crippen LogP contribution in [0.1, 0.15) is 25.0 Å². The Balaban J connectivity index is 1.59. The molecule has 25 heavy (non-hydrogen) atoms. The van der Waals surface area contributed by atoms with Gasteiger partial charge in [-0.2, -0.15) is 0 Å². The number of ether oxygens (including phenoxy) is 2. The van der Waals surface area contributed by atoms with Gasteiger partial charge in [-0.15, -0.1) is 0 Å². The van der Waals surface area contributed by atoms with Crippen molar-refractivity contribution in [3.63, 3.8) is 0 Å². The molecule has 2 aromatic rings. The maximum absolute atomic E-state index is 12.3. The monoisotopic (exact) mass is 361 g/mol. The summed E-state index contributed by atoms with van der Waals surface area (Å²) >= 11 is 0. The van der Waals surface area contributed by atoms with Crippen LogP contribution in [0.25, 0.3) is 0 Å². The zero-order valence-electron chi connectivity index (χ0n) is 14.7. The second-order valence-electron chi connectivity index (χ2n) is 6.85. The highest BCUT2D eigenvalue weighted by molar-refractivity contribution is 7.89. The third-order valence-corrected chi connectivity index (χ3v) is 5.47. The summed E-state index contributed by atoms with van der Waals surface area (Å²) in [5, 5.41) is 0. The molecule has 0 spiro atoms. The van der Waals surface area contributed by atoms with Crippen LogP contribution in [0.2, 0.25) is 0 Å². The zero-order valence-corrected chi connectivity index (χ0v) is 15.5. The van der Waals surface area contributed by atoms with E-state index in [1.54, 1.807) is 18.2 Å². The first-order chi connectivity index (χ1) is 11.8. The molecule has 0 bridgehead atoms. The van der Waals surface area contributed by atoms with E-state index in [1.165, 1.54) is 0 Å². The van der Waals surface area contributed by atoms with Crippen LogP contribution in [-0.4, -0.2) is 27.2 Å². The molecule has 0 unspecified atom stereocenters. The minimum absolute atomic E-state index is 0.184. The van der Waals surface area contributed by atoms with Gasteiger partial charge < -0.3 is 9.47 Å². The summed E-state index contributed by atoms with van der Waals surface area (Å²) in [6.45, 7) is 6.34. The van der Waals surface area contributed by atoms with Gasteiger partial charge in [0.25, 0.3) is 0 Å². The molecule has 0 aromatic heterocycles. The van der Waals surface area contributed by atoms with E-state index >= 15 is 0 Å². The lowest BCUT2D eigenvalue weighted by molar-refractivity contribution is 0.132. The summed E-state index contributed by atoms with van der Waals surface area (Å²) in [5.74, 6) is 1.41. The largest absolute Gasteiger partial charge is 0.488 e. The normalized spacial score (nSPS) is 15.5. The molecule has 0 radical (unpaired) electrons. The van der Waals surface area contributed by atoms with Crippen molar-refractivity contribution in [3.8, 4) is 11.5 Å². The topological polar surface area (TPSA) is 64.6 Å². The number of hydrogen-bond donors (Lipinski definition) is 1. The summed E-state index contributed by atoms with van der Waals surface area (Å²) < 4.78 is 38.8. The van der Waals surface area contributed by atoms with Gasteiger partial charge in [-0.25, -0.2) is 13.1 Å². The highest BCUT2D eigenvalue weighted by Gasteiger charge is 2.32. The number of aryl methyl sites for hydroxylation is 1. The molecule has 134 valence electrons. The predicted molar refractivity (Wildman–Crippen MR) is 96.7 cm³/mol. The standard InChI is InChI=1S/C19H23NO4S/c1-14-6-4-8-16(12-14)25(21,22)20-10-11-23-17-9-5-7-15-13-19(2,3)24-18(15)17/h4-9,12,20H,10-11,13H2,1-3H3. The van der Waals surface area contributed by atoms with E-state index < -0.39 is 10.0 Å². The van der Waals surface area contributed by atoms with Crippen molar-refractivity contribution in [2.45, 2.75) is 37.7 Å². The smallest absolute Gasteiger partial charge is 0.240 e. The Morgan fingerprint density at radius 2 is 1.96 bits per heavy atom. The van der Waals surface area contributed by atoms with E-state index in [-0.39, 0.29) is 23.6 Å². The maximum Gasteiger partial charge on any atom is 0.240 e. The molecule has 0 fully saturated rings. The first-order valence-corrected chi connectivity index (χ1v) is 9.75. The fraction of sp³-hybridized carbons (Fsp3) is 0.368. The molecule has 3 rings (SSSR count). The lowest BCUT2D eigenvalue weighted by Crippen LogP contribution is -2.28. The SMILES string of the molecule is Cc1cccc(S(=O)(=O)NCCOc2cccc3c2OC(C)(C)C3)c1. The molecule has 0 saturated heterocycles. The van der Waals surface area contributed by atoms with Gasteiger partial charge in [0.1, 0.15) is 12.2 Å². The molecule has 1 heterocycles. The average Bonchev–Trinajstić information content (AvgIpc) is 2.86. The summed E-state index contributed by atoms with van der Waals surface area (Å²) in [6, 6.07) is 12.6. The number of benzene rings is 2. The first-order valence-electron chi connectivity index (χ1n) is 8.27. The lowest BCUT2D eigenvalue weighted by Gasteiger charge is -2.18. The Labute approximate surface area is 149 Å². The molecule has 1 N–H and O–H groups in total. The Morgan fingerprint density at radius 3 is 2.72 bits per heavy atom. The van der Waals surface area contributed by atoms with Crippen LogP contribution in [-0.2, 0) is 16.4 Å². The third kappa shape index (κ3) is 4.14. The van der Waals surface area contributed by atoms with E-state index in [0.717, 1.165) is 23.3 Å². The molecular weight excluding hydrogens is 338 g/mol. The molecule has 5 nitrogen and oxygen atoms in total. The minimum atomic E-state index is -3.53. The van der Waals surface area contributed by atoms with Gasteiger partial charge in [0, 0.05) is 18.5 Å². The van der Waals surface area contributed by atoms with Crippen LogP contribution in [0.5, 0.6) is 11.5 Å². The van der Waals surface area contributed by atoms with Gasteiger partial charge in [0.15, 0.2) is 11.5 Å². The highest BCUT2D eigenvalue weighted by Crippen LogP contribution is 2.41. The number of para-hydroxylation sites is 1. The second kappa shape index (κ2) is 6.69. The number of nitrogens with one attached hydrogen (secondary N) is 1. The van der Waals surface area contributed by atoms with E-state index in [9.17, 15) is 8.42 Å². The first kappa shape index (κ1) is 17.8. The molecule has 1 aliphatic heterocycles. The van der Waals surface area contributed by atoms with Gasteiger partial charge in [-0.3, -0.25) is 0 Å². The Bertz CT molecular complexity index is 875. The number of rotatable bonds is 6. The van der Waals surface area contributed by atoms with Gasteiger partial charge in [0.05, 0.1) is 4.90 Å². The summed E-state index contributed by atoms with van der Waals surface area (Å²) in [6.07, 6.45) is 0.833. The fourth-order valence-electron chi connectivity index (χ4n) is 2.90. The molecule has 0 aliphatic carbocycles. The van der Waals surface area contributed by atoms with Crippen molar-refractivity contribution in [2.24, 2.45) is 0 Å². The summed E-state index contributed by atoms with van der Waals surface area (Å²) in [7, 11) is -3.53. The number of hydrogen-bond acceptors (Lipinski definition) is 4. The number of fused-ring (bicyclic) bond motifs is 1. The Morgan fingerprint density at radius 1 is 1.20 bits per heavy atom. The molecule has 0 saturated carbocycles. The van der Waals surface area contributed by atoms with Crippen LogP contribution in [0, 0.1) is 6.92 Å². The molecule has 2 aromatic carbocycles. The van der Waals surface area contributed by atoms with Crippen molar-refractivity contribution in [2.75, 3.05) is 13.2 Å². The van der Waals surface area contributed by atoms with Crippen LogP contribution in [0.3, 0.4) is 0 Å². The Kier molecular flexibility index (Phi) is 4.75. The minimum Gasteiger partial charge on any atom is -0.488 e. The van der Waals surface area contributed by atoms with Gasteiger partial charge >= 0.3 is 0 Å². The van der Waals surface area contributed by atoms with Gasteiger partial charge in [0.2, 0.25) is 10.0 Å². The molecule has 0 amide bonds. The lowest BCUT2D eigenvalue weighted by atomic mass is 10.0. The van der Waals surface area contributed by atoms with Crippen LogP contribution < -0.4 is 14.2 Å². The second-order valence-corrected chi connectivity index (χ2v) is 8.61. The molecule has 6 heteroatoms. The Hall–Kier alpha value is -2.05. The van der Waals surface area contributed by atoms with E-state index in [1.807, 2.05) is 45.0 Å². The van der Waals surface area contributed by atoms with Gasteiger partial charge in [-0.05, 0) is 44.5 Å². The fourth-order valence-corrected chi connectivity index (χ4v) is 4.02. The molecule has 1 aliphatic rings. The summed E-state index contributed by atoms with van der Waals surface area (Å²) in [5.41, 5.74) is 1.77.